The van der Waals surface area contributed by atoms with Gasteiger partial charge in [-0.25, -0.2) is 0 Å². The average Bonchev–Trinajstić information content (AvgIpc) is 3.32. The third kappa shape index (κ3) is 6.58. The van der Waals surface area contributed by atoms with Crippen LogP contribution in [0.15, 0.2) is 66.7 Å². The van der Waals surface area contributed by atoms with Gasteiger partial charge >= 0.3 is 11.9 Å². The smallest absolute Gasteiger partial charge is 0.308 e. The molecule has 1 fully saturated rings. The Labute approximate surface area is 237 Å². The molecule has 1 aliphatic rings. The summed E-state index contributed by atoms with van der Waals surface area (Å²) in [6.45, 7) is 6.47. The topological polar surface area (TPSA) is 82.1 Å². The molecule has 0 aliphatic carbocycles. The van der Waals surface area contributed by atoms with Gasteiger partial charge < -0.3 is 14.2 Å². The molecule has 7 nitrogen and oxygen atoms in total. The highest BCUT2D eigenvalue weighted by Crippen LogP contribution is 2.41. The Bertz CT molecular complexity index is 1520. The second kappa shape index (κ2) is 12.4. The fraction of sp³-hybridized carbons (Fsp3) is 0.281. The van der Waals surface area contributed by atoms with Crippen LogP contribution in [0.5, 0.6) is 17.2 Å². The summed E-state index contributed by atoms with van der Waals surface area (Å²) in [6.07, 6.45) is 3.80. The third-order valence-corrected chi connectivity index (χ3v) is 7.97. The Morgan fingerprint density at radius 3 is 2.08 bits per heavy atom. The summed E-state index contributed by atoms with van der Waals surface area (Å²) < 4.78 is 17.2. The molecule has 1 aliphatic heterocycles. The molecule has 0 radical (unpaired) electrons. The van der Waals surface area contributed by atoms with E-state index in [1.807, 2.05) is 30.3 Å². The molecule has 0 amide bonds. The first-order valence-corrected chi connectivity index (χ1v) is 14.2. The average molecular weight is 558 g/mol. The first kappa shape index (κ1) is 27.6. The van der Waals surface area contributed by atoms with Crippen LogP contribution in [0.4, 0.5) is 0 Å². The monoisotopic (exact) mass is 557 g/mol. The van der Waals surface area contributed by atoms with E-state index in [1.54, 1.807) is 36.4 Å². The number of ether oxygens (including phenoxy) is 3. The number of hydrogen-bond donors (Lipinski definition) is 0. The molecule has 0 saturated carbocycles. The van der Waals surface area contributed by atoms with Crippen molar-refractivity contribution in [2.75, 3.05) is 26.2 Å². The van der Waals surface area contributed by atoms with Gasteiger partial charge in [-0.1, -0.05) is 6.42 Å². The van der Waals surface area contributed by atoms with Gasteiger partial charge in [-0.05, 0) is 98.2 Å². The Morgan fingerprint density at radius 2 is 1.40 bits per heavy atom. The minimum absolute atomic E-state index is 0.120. The van der Waals surface area contributed by atoms with Crippen molar-refractivity contribution >= 4 is 39.1 Å². The fourth-order valence-electron chi connectivity index (χ4n) is 4.90. The van der Waals surface area contributed by atoms with Crippen molar-refractivity contribution in [2.45, 2.75) is 33.1 Å². The summed E-state index contributed by atoms with van der Waals surface area (Å²) in [7, 11) is 0. The third-order valence-electron chi connectivity index (χ3n) is 6.77. The van der Waals surface area contributed by atoms with Crippen LogP contribution in [0.3, 0.4) is 0 Å². The lowest BCUT2D eigenvalue weighted by Gasteiger charge is -2.26. The fourth-order valence-corrected chi connectivity index (χ4v) is 6.13. The van der Waals surface area contributed by atoms with Crippen LogP contribution < -0.4 is 14.2 Å². The van der Waals surface area contributed by atoms with E-state index in [-0.39, 0.29) is 5.78 Å². The summed E-state index contributed by atoms with van der Waals surface area (Å²) in [5.74, 6) is 0.650. The number of piperidine rings is 1. The van der Waals surface area contributed by atoms with Crippen molar-refractivity contribution in [2.24, 2.45) is 0 Å². The largest absolute Gasteiger partial charge is 0.492 e. The first-order chi connectivity index (χ1) is 19.4. The van der Waals surface area contributed by atoms with E-state index in [0.29, 0.717) is 29.2 Å². The van der Waals surface area contributed by atoms with Gasteiger partial charge in [-0.2, -0.15) is 0 Å². The molecule has 8 heteroatoms. The molecule has 1 saturated heterocycles. The Morgan fingerprint density at radius 1 is 0.775 bits per heavy atom. The number of fused-ring (bicyclic) bond motifs is 1. The number of thiophene rings is 1. The Hall–Kier alpha value is -4.01. The number of rotatable bonds is 9. The van der Waals surface area contributed by atoms with Crippen molar-refractivity contribution in [3.05, 3.63) is 77.9 Å². The lowest BCUT2D eigenvalue weighted by molar-refractivity contribution is -0.132. The van der Waals surface area contributed by atoms with E-state index < -0.39 is 11.9 Å². The number of carbonyl (C=O) groups is 3. The molecule has 0 N–H and O–H groups in total. The molecule has 0 bridgehead atoms. The number of hydrogen-bond acceptors (Lipinski definition) is 8. The van der Waals surface area contributed by atoms with Crippen molar-refractivity contribution < 1.29 is 28.6 Å². The molecule has 40 heavy (non-hydrogen) atoms. The maximum absolute atomic E-state index is 13.9. The summed E-state index contributed by atoms with van der Waals surface area (Å²) >= 11 is 1.44. The maximum Gasteiger partial charge on any atom is 0.308 e. The molecule has 5 rings (SSSR count). The quantitative estimate of drug-likeness (QED) is 0.132. The van der Waals surface area contributed by atoms with E-state index in [1.165, 1.54) is 44.4 Å². The van der Waals surface area contributed by atoms with E-state index in [9.17, 15) is 14.4 Å². The predicted molar refractivity (Wildman–Crippen MR) is 156 cm³/mol. The summed E-state index contributed by atoms with van der Waals surface area (Å²) in [5, 5.41) is 0.770. The number of nitrogens with zero attached hydrogens (tertiary/aromatic N) is 1. The van der Waals surface area contributed by atoms with Crippen molar-refractivity contribution in [3.63, 3.8) is 0 Å². The number of likely N-dealkylation sites (tertiary alicyclic amines) is 1. The van der Waals surface area contributed by atoms with Gasteiger partial charge in [0.05, 0.1) is 0 Å². The lowest BCUT2D eigenvalue weighted by atomic mass is 9.97. The zero-order chi connectivity index (χ0) is 28.1. The Balaban J connectivity index is 1.42. The highest BCUT2D eigenvalue weighted by Gasteiger charge is 2.22. The van der Waals surface area contributed by atoms with E-state index in [0.717, 1.165) is 45.9 Å². The summed E-state index contributed by atoms with van der Waals surface area (Å²) in [6, 6.07) is 19.6. The van der Waals surface area contributed by atoms with E-state index in [4.69, 9.17) is 14.2 Å². The maximum atomic E-state index is 13.9. The summed E-state index contributed by atoms with van der Waals surface area (Å²) in [4.78, 5) is 40.0. The molecule has 1 aromatic heterocycles. The zero-order valence-electron chi connectivity index (χ0n) is 22.6. The van der Waals surface area contributed by atoms with Crippen molar-refractivity contribution in [1.82, 2.24) is 4.90 Å². The molecule has 2 heterocycles. The van der Waals surface area contributed by atoms with Crippen LogP contribution >= 0.6 is 11.3 Å². The lowest BCUT2D eigenvalue weighted by Crippen LogP contribution is -2.33. The van der Waals surface area contributed by atoms with Gasteiger partial charge in [0.2, 0.25) is 0 Å². The molecular formula is C32H31NO6S. The van der Waals surface area contributed by atoms with E-state index >= 15 is 0 Å². The standard InChI is InChI=1S/C32H31NO6S/c1-21(34)38-26-12-8-24(9-13-26)32-30(28-15-14-27(39-22(2)35)20-29(28)40-32)31(36)23-6-10-25(11-7-23)37-19-18-33-16-4-3-5-17-33/h6-15,20H,3-5,16-19H2,1-2H3. The molecule has 4 aromatic rings. The van der Waals surface area contributed by atoms with Gasteiger partial charge in [-0.15, -0.1) is 11.3 Å². The molecular weight excluding hydrogens is 526 g/mol. The number of benzene rings is 3. The second-order valence-corrected chi connectivity index (χ2v) is 10.8. The number of ketones is 1. The number of esters is 2. The highest BCUT2D eigenvalue weighted by atomic mass is 32.1. The van der Waals surface area contributed by atoms with Gasteiger partial charge in [0, 0.05) is 46.5 Å². The van der Waals surface area contributed by atoms with Crippen LogP contribution in [0.2, 0.25) is 0 Å². The minimum Gasteiger partial charge on any atom is -0.492 e. The van der Waals surface area contributed by atoms with Crippen LogP contribution in [0, 0.1) is 0 Å². The van der Waals surface area contributed by atoms with Crippen LogP contribution in [0.25, 0.3) is 20.5 Å². The molecule has 206 valence electrons. The SMILES string of the molecule is CC(=O)Oc1ccc(-c2sc3cc(OC(C)=O)ccc3c2C(=O)c2ccc(OCCN3CCCCC3)cc2)cc1. The van der Waals surface area contributed by atoms with Crippen LogP contribution in [-0.2, 0) is 9.59 Å². The molecule has 3 aromatic carbocycles. The second-order valence-electron chi connectivity index (χ2n) is 9.78. The Kier molecular flexibility index (Phi) is 8.57. The zero-order valence-corrected chi connectivity index (χ0v) is 23.4. The normalized spacial score (nSPS) is 13.7. The van der Waals surface area contributed by atoms with Gasteiger partial charge in [0.15, 0.2) is 5.78 Å². The highest BCUT2D eigenvalue weighted by molar-refractivity contribution is 7.22. The van der Waals surface area contributed by atoms with Crippen molar-refractivity contribution in [3.8, 4) is 27.7 Å². The predicted octanol–water partition coefficient (Wildman–Crippen LogP) is 6.51. The van der Waals surface area contributed by atoms with E-state index in [2.05, 4.69) is 4.90 Å². The van der Waals surface area contributed by atoms with Gasteiger partial charge in [-0.3, -0.25) is 19.3 Å². The number of carbonyl (C=O) groups excluding carboxylic acids is 3. The molecule has 0 spiro atoms. The van der Waals surface area contributed by atoms with Gasteiger partial charge in [0.1, 0.15) is 23.9 Å². The molecule has 0 atom stereocenters. The van der Waals surface area contributed by atoms with Crippen LogP contribution in [-0.4, -0.2) is 48.9 Å². The summed E-state index contributed by atoms with van der Waals surface area (Å²) in [5.41, 5.74) is 1.92. The molecule has 0 unspecified atom stereocenters. The van der Waals surface area contributed by atoms with Crippen molar-refractivity contribution in [1.29, 1.82) is 0 Å². The van der Waals surface area contributed by atoms with Crippen LogP contribution in [0.1, 0.15) is 49.0 Å². The minimum atomic E-state index is -0.410. The van der Waals surface area contributed by atoms with Gasteiger partial charge in [0.25, 0.3) is 0 Å². The first-order valence-electron chi connectivity index (χ1n) is 13.4.